The van der Waals surface area contributed by atoms with Gasteiger partial charge in [-0.3, -0.25) is 4.68 Å². The van der Waals surface area contributed by atoms with Crippen LogP contribution in [0.4, 0.5) is 26.3 Å². The SMILES string of the molecule is Cn1cc(OC(F)F)c(-c2ccc(C(F)(F)F)cc2F)n1. The van der Waals surface area contributed by atoms with Gasteiger partial charge < -0.3 is 4.74 Å². The summed E-state index contributed by atoms with van der Waals surface area (Å²) in [6, 6.07) is 1.73. The van der Waals surface area contributed by atoms with Crippen molar-refractivity contribution >= 4 is 0 Å². The molecule has 1 aromatic heterocycles. The number of alkyl halides is 5. The predicted molar refractivity (Wildman–Crippen MR) is 60.2 cm³/mol. The van der Waals surface area contributed by atoms with E-state index in [1.807, 2.05) is 0 Å². The zero-order valence-electron chi connectivity index (χ0n) is 10.5. The molecular weight excluding hydrogens is 302 g/mol. The molecule has 0 spiro atoms. The summed E-state index contributed by atoms with van der Waals surface area (Å²) in [5, 5.41) is 3.72. The molecule has 3 nitrogen and oxygen atoms in total. The second-order valence-corrected chi connectivity index (χ2v) is 4.09. The molecule has 0 saturated heterocycles. The average molecular weight is 310 g/mol. The van der Waals surface area contributed by atoms with Crippen molar-refractivity contribution in [3.63, 3.8) is 0 Å². The van der Waals surface area contributed by atoms with Gasteiger partial charge in [-0.05, 0) is 18.2 Å². The summed E-state index contributed by atoms with van der Waals surface area (Å²) < 4.78 is 80.9. The minimum atomic E-state index is -4.70. The fraction of sp³-hybridized carbons (Fsp3) is 0.250. The maximum Gasteiger partial charge on any atom is 0.416 e. The molecule has 2 rings (SSSR count). The Kier molecular flexibility index (Phi) is 3.84. The highest BCUT2D eigenvalue weighted by Gasteiger charge is 2.31. The van der Waals surface area contributed by atoms with Crippen molar-refractivity contribution in [3.05, 3.63) is 35.8 Å². The van der Waals surface area contributed by atoms with Crippen LogP contribution in [0.1, 0.15) is 5.56 Å². The molecule has 0 amide bonds. The zero-order valence-corrected chi connectivity index (χ0v) is 10.5. The molecule has 0 radical (unpaired) electrons. The van der Waals surface area contributed by atoms with Crippen molar-refractivity contribution in [1.29, 1.82) is 0 Å². The summed E-state index contributed by atoms with van der Waals surface area (Å²) in [5.74, 6) is -1.66. The van der Waals surface area contributed by atoms with Crippen LogP contribution >= 0.6 is 0 Å². The van der Waals surface area contributed by atoms with E-state index >= 15 is 0 Å². The van der Waals surface area contributed by atoms with Crippen molar-refractivity contribution in [3.8, 4) is 17.0 Å². The third kappa shape index (κ3) is 3.29. The van der Waals surface area contributed by atoms with Gasteiger partial charge in [0.2, 0.25) is 0 Å². The van der Waals surface area contributed by atoms with Crippen molar-refractivity contribution in [2.24, 2.45) is 7.05 Å². The first-order valence-corrected chi connectivity index (χ1v) is 5.54. The summed E-state index contributed by atoms with van der Waals surface area (Å²) in [7, 11) is 1.38. The molecule has 0 unspecified atom stereocenters. The quantitative estimate of drug-likeness (QED) is 0.805. The van der Waals surface area contributed by atoms with Gasteiger partial charge in [0, 0.05) is 12.6 Å². The van der Waals surface area contributed by atoms with Crippen LogP contribution in [0.5, 0.6) is 5.75 Å². The highest BCUT2D eigenvalue weighted by molar-refractivity contribution is 5.66. The van der Waals surface area contributed by atoms with Crippen molar-refractivity contribution < 1.29 is 31.1 Å². The molecule has 114 valence electrons. The second-order valence-electron chi connectivity index (χ2n) is 4.09. The van der Waals surface area contributed by atoms with E-state index in [0.29, 0.717) is 6.07 Å². The maximum absolute atomic E-state index is 13.8. The fourth-order valence-corrected chi connectivity index (χ4v) is 1.72. The monoisotopic (exact) mass is 310 g/mol. The molecule has 0 fully saturated rings. The largest absolute Gasteiger partial charge is 0.431 e. The fourth-order valence-electron chi connectivity index (χ4n) is 1.72. The molecular formula is C12H8F6N2O. The van der Waals surface area contributed by atoms with E-state index in [4.69, 9.17) is 0 Å². The number of ether oxygens (including phenoxy) is 1. The van der Waals surface area contributed by atoms with Gasteiger partial charge in [-0.25, -0.2) is 4.39 Å². The Morgan fingerprint density at radius 1 is 1.24 bits per heavy atom. The molecule has 0 aliphatic carbocycles. The van der Waals surface area contributed by atoms with E-state index in [-0.39, 0.29) is 17.3 Å². The summed E-state index contributed by atoms with van der Waals surface area (Å²) in [4.78, 5) is 0. The predicted octanol–water partition coefficient (Wildman–Crippen LogP) is 3.85. The number of hydrogen-bond acceptors (Lipinski definition) is 2. The van der Waals surface area contributed by atoms with Gasteiger partial charge >= 0.3 is 12.8 Å². The lowest BCUT2D eigenvalue weighted by molar-refractivity contribution is -0.137. The topological polar surface area (TPSA) is 27.1 Å². The number of aryl methyl sites for hydroxylation is 1. The van der Waals surface area contributed by atoms with Gasteiger partial charge in [-0.1, -0.05) is 0 Å². The minimum Gasteiger partial charge on any atom is -0.431 e. The van der Waals surface area contributed by atoms with E-state index in [1.54, 1.807) is 0 Å². The zero-order chi connectivity index (χ0) is 15.8. The van der Waals surface area contributed by atoms with E-state index in [1.165, 1.54) is 7.05 Å². The molecule has 0 bridgehead atoms. The van der Waals surface area contributed by atoms with Crippen LogP contribution in [0.3, 0.4) is 0 Å². The van der Waals surface area contributed by atoms with E-state index in [0.717, 1.165) is 16.9 Å². The van der Waals surface area contributed by atoms with Crippen LogP contribution in [0.25, 0.3) is 11.3 Å². The third-order valence-electron chi connectivity index (χ3n) is 2.56. The van der Waals surface area contributed by atoms with Gasteiger partial charge in [0.25, 0.3) is 0 Å². The molecule has 0 atom stereocenters. The normalized spacial score (nSPS) is 12.0. The molecule has 0 saturated carbocycles. The Hall–Kier alpha value is -2.19. The minimum absolute atomic E-state index is 0.274. The smallest absolute Gasteiger partial charge is 0.416 e. The lowest BCUT2D eigenvalue weighted by Gasteiger charge is -2.09. The summed E-state index contributed by atoms with van der Waals surface area (Å²) >= 11 is 0. The molecule has 21 heavy (non-hydrogen) atoms. The lowest BCUT2D eigenvalue weighted by Crippen LogP contribution is -2.06. The first-order valence-electron chi connectivity index (χ1n) is 5.54. The van der Waals surface area contributed by atoms with Crippen LogP contribution in [-0.2, 0) is 13.2 Å². The summed E-state index contributed by atoms with van der Waals surface area (Å²) in [6.07, 6.45) is -3.63. The number of hydrogen-bond donors (Lipinski definition) is 0. The van der Waals surface area contributed by atoms with Crippen LogP contribution in [0.2, 0.25) is 0 Å². The number of aromatic nitrogens is 2. The maximum atomic E-state index is 13.8. The average Bonchev–Trinajstić information content (AvgIpc) is 2.67. The molecule has 0 aliphatic heterocycles. The first kappa shape index (κ1) is 15.2. The molecule has 0 N–H and O–H groups in total. The summed E-state index contributed by atoms with van der Waals surface area (Å²) in [5.41, 5.74) is -1.85. The Bertz CT molecular complexity index is 650. The summed E-state index contributed by atoms with van der Waals surface area (Å²) in [6.45, 7) is -3.16. The van der Waals surface area contributed by atoms with Crippen LogP contribution < -0.4 is 4.74 Å². The molecule has 1 heterocycles. The highest BCUT2D eigenvalue weighted by Crippen LogP contribution is 2.35. The van der Waals surface area contributed by atoms with Gasteiger partial charge in [-0.2, -0.15) is 27.1 Å². The Morgan fingerprint density at radius 3 is 2.43 bits per heavy atom. The molecule has 1 aromatic carbocycles. The van der Waals surface area contributed by atoms with Crippen LogP contribution in [0.15, 0.2) is 24.4 Å². The second kappa shape index (κ2) is 5.30. The molecule has 0 aliphatic rings. The number of benzene rings is 1. The van der Waals surface area contributed by atoms with Crippen molar-refractivity contribution in [2.45, 2.75) is 12.8 Å². The van der Waals surface area contributed by atoms with E-state index in [9.17, 15) is 26.3 Å². The first-order chi connectivity index (χ1) is 9.68. The standard InChI is InChI=1S/C12H8F6N2O/c1-20-5-9(21-11(14)15)10(19-20)7-3-2-6(4-8(7)13)12(16,17)18/h2-5,11H,1H3. The van der Waals surface area contributed by atoms with E-state index < -0.39 is 29.9 Å². The van der Waals surface area contributed by atoms with Crippen LogP contribution in [0, 0.1) is 5.82 Å². The van der Waals surface area contributed by atoms with Gasteiger partial charge in [0.05, 0.1) is 11.8 Å². The van der Waals surface area contributed by atoms with E-state index in [2.05, 4.69) is 9.84 Å². The lowest BCUT2D eigenvalue weighted by atomic mass is 10.1. The number of nitrogens with zero attached hydrogens (tertiary/aromatic N) is 2. The van der Waals surface area contributed by atoms with Crippen molar-refractivity contribution in [1.82, 2.24) is 9.78 Å². The molecule has 2 aromatic rings. The number of rotatable bonds is 3. The Balaban J connectivity index is 2.48. The Labute approximate surface area is 114 Å². The highest BCUT2D eigenvalue weighted by atomic mass is 19.4. The van der Waals surface area contributed by atoms with Crippen molar-refractivity contribution in [2.75, 3.05) is 0 Å². The van der Waals surface area contributed by atoms with Gasteiger partial charge in [0.1, 0.15) is 11.5 Å². The third-order valence-corrected chi connectivity index (χ3v) is 2.56. The van der Waals surface area contributed by atoms with Crippen LogP contribution in [-0.4, -0.2) is 16.4 Å². The molecule has 9 heteroatoms. The Morgan fingerprint density at radius 2 is 1.90 bits per heavy atom. The number of halogens is 6. The van der Waals surface area contributed by atoms with Gasteiger partial charge in [-0.15, -0.1) is 0 Å². The van der Waals surface area contributed by atoms with Gasteiger partial charge in [0.15, 0.2) is 5.75 Å².